The maximum Gasteiger partial charge on any atom is 0.293 e. The van der Waals surface area contributed by atoms with Crippen LogP contribution in [-0.2, 0) is 17.9 Å². The number of fused-ring (bicyclic) bond motifs is 1. The van der Waals surface area contributed by atoms with Gasteiger partial charge in [-0.05, 0) is 53.7 Å². The molecule has 0 spiro atoms. The van der Waals surface area contributed by atoms with E-state index >= 15 is 0 Å². The third-order valence-corrected chi connectivity index (χ3v) is 7.45. The van der Waals surface area contributed by atoms with Gasteiger partial charge in [0.05, 0.1) is 18.0 Å². The summed E-state index contributed by atoms with van der Waals surface area (Å²) < 4.78 is 2.05. The van der Waals surface area contributed by atoms with Gasteiger partial charge in [-0.25, -0.2) is 0 Å². The highest BCUT2D eigenvalue weighted by Gasteiger charge is 2.35. The van der Waals surface area contributed by atoms with Crippen molar-refractivity contribution in [3.05, 3.63) is 110 Å². The van der Waals surface area contributed by atoms with Crippen LogP contribution in [0.25, 0.3) is 17.0 Å². The van der Waals surface area contributed by atoms with Gasteiger partial charge in [0.1, 0.15) is 0 Å². The van der Waals surface area contributed by atoms with Crippen molar-refractivity contribution in [2.24, 2.45) is 0 Å². The molecule has 1 aromatic heterocycles. The fraction of sp³-hybridized carbons (Fsp3) is 0.0769. The average molecular weight is 528 g/mol. The highest BCUT2D eigenvalue weighted by molar-refractivity contribution is 8.18. The number of aromatic nitrogens is 1. The second-order valence-corrected chi connectivity index (χ2v) is 10.1. The van der Waals surface area contributed by atoms with Gasteiger partial charge < -0.3 is 4.57 Å². The van der Waals surface area contributed by atoms with Crippen LogP contribution in [0.4, 0.5) is 4.79 Å². The minimum Gasteiger partial charge on any atom is -0.342 e. The van der Waals surface area contributed by atoms with Gasteiger partial charge in [-0.3, -0.25) is 14.5 Å². The summed E-state index contributed by atoms with van der Waals surface area (Å²) in [4.78, 5) is 27.3. The molecule has 0 atom stereocenters. The van der Waals surface area contributed by atoms with E-state index in [9.17, 15) is 9.59 Å². The van der Waals surface area contributed by atoms with Gasteiger partial charge in [0.15, 0.2) is 0 Å². The Hall–Kier alpha value is -2.70. The van der Waals surface area contributed by atoms with E-state index in [1.807, 2.05) is 59.3 Å². The highest BCUT2D eigenvalue weighted by Crippen LogP contribution is 2.36. The quantitative estimate of drug-likeness (QED) is 0.248. The lowest BCUT2D eigenvalue weighted by molar-refractivity contribution is -0.123. The third kappa shape index (κ3) is 4.49. The molecule has 5 rings (SSSR count). The smallest absolute Gasteiger partial charge is 0.293 e. The van der Waals surface area contributed by atoms with Crippen LogP contribution in [0.2, 0.25) is 15.1 Å². The van der Waals surface area contributed by atoms with Crippen molar-refractivity contribution in [1.82, 2.24) is 9.47 Å². The first kappa shape index (κ1) is 23.1. The molecule has 2 heterocycles. The maximum atomic E-state index is 13.1. The zero-order chi connectivity index (χ0) is 23.8. The van der Waals surface area contributed by atoms with Crippen LogP contribution < -0.4 is 0 Å². The Morgan fingerprint density at radius 1 is 0.853 bits per heavy atom. The van der Waals surface area contributed by atoms with Crippen LogP contribution in [0, 0.1) is 0 Å². The van der Waals surface area contributed by atoms with Crippen molar-refractivity contribution in [3.63, 3.8) is 0 Å². The fourth-order valence-corrected chi connectivity index (χ4v) is 5.53. The normalized spacial score (nSPS) is 15.1. The molecule has 1 aliphatic rings. The number of carbonyl (C=O) groups excluding carboxylic acids is 2. The molecule has 4 aromatic rings. The summed E-state index contributed by atoms with van der Waals surface area (Å²) in [5.74, 6) is -0.319. The van der Waals surface area contributed by atoms with Gasteiger partial charge in [0.2, 0.25) is 0 Å². The highest BCUT2D eigenvalue weighted by atomic mass is 35.5. The van der Waals surface area contributed by atoms with Crippen molar-refractivity contribution in [1.29, 1.82) is 0 Å². The molecule has 34 heavy (non-hydrogen) atoms. The van der Waals surface area contributed by atoms with Crippen LogP contribution >= 0.6 is 46.6 Å². The number of para-hydroxylation sites is 1. The Bertz CT molecular complexity index is 1460. The standard InChI is InChI=1S/C26H17Cl3N2O2S/c27-18-6-3-5-16(11-18)13-31-25(32)24(34-26(31)33)12-17-14-30(23-10-2-1-7-19(17)23)15-20-21(28)8-4-9-22(20)29/h1-12,14H,13,15H2/b24-12-. The van der Waals surface area contributed by atoms with Crippen LogP contribution in [0.1, 0.15) is 16.7 Å². The molecule has 1 fully saturated rings. The third-order valence-electron chi connectivity index (χ3n) is 5.60. The number of thioether (sulfide) groups is 1. The zero-order valence-electron chi connectivity index (χ0n) is 17.7. The number of hydrogen-bond donors (Lipinski definition) is 0. The van der Waals surface area contributed by atoms with Gasteiger partial charge in [-0.1, -0.05) is 71.2 Å². The van der Waals surface area contributed by atoms with E-state index in [1.165, 1.54) is 4.90 Å². The van der Waals surface area contributed by atoms with Crippen molar-refractivity contribution in [2.75, 3.05) is 0 Å². The first-order chi connectivity index (χ1) is 16.4. The number of rotatable bonds is 5. The molecule has 0 unspecified atom stereocenters. The Morgan fingerprint density at radius 2 is 1.59 bits per heavy atom. The van der Waals surface area contributed by atoms with Crippen LogP contribution in [0.3, 0.4) is 0 Å². The van der Waals surface area contributed by atoms with Gasteiger partial charge in [0, 0.05) is 43.3 Å². The summed E-state index contributed by atoms with van der Waals surface area (Å²) in [7, 11) is 0. The Labute approximate surface area is 215 Å². The molecule has 0 radical (unpaired) electrons. The van der Waals surface area contributed by atoms with Crippen LogP contribution in [-0.4, -0.2) is 20.6 Å². The summed E-state index contributed by atoms with van der Waals surface area (Å²) in [6.45, 7) is 0.651. The molecule has 8 heteroatoms. The van der Waals surface area contributed by atoms with Crippen LogP contribution in [0.5, 0.6) is 0 Å². The summed E-state index contributed by atoms with van der Waals surface area (Å²) in [5.41, 5.74) is 3.43. The van der Waals surface area contributed by atoms with E-state index in [4.69, 9.17) is 34.8 Å². The molecule has 0 saturated carbocycles. The van der Waals surface area contributed by atoms with E-state index in [1.54, 1.807) is 24.3 Å². The first-order valence-electron chi connectivity index (χ1n) is 10.4. The van der Waals surface area contributed by atoms with Crippen molar-refractivity contribution in [2.45, 2.75) is 13.1 Å². The van der Waals surface area contributed by atoms with E-state index in [0.29, 0.717) is 26.5 Å². The molecule has 3 aromatic carbocycles. The minimum atomic E-state index is -0.319. The molecule has 1 saturated heterocycles. The number of benzene rings is 3. The van der Waals surface area contributed by atoms with Gasteiger partial charge >= 0.3 is 0 Å². The predicted molar refractivity (Wildman–Crippen MR) is 140 cm³/mol. The monoisotopic (exact) mass is 526 g/mol. The fourth-order valence-electron chi connectivity index (χ4n) is 3.97. The SMILES string of the molecule is O=C1S/C(=C\c2cn(Cc3c(Cl)cccc3Cl)c3ccccc23)C(=O)N1Cc1cccc(Cl)c1. The second-order valence-electron chi connectivity index (χ2n) is 7.83. The Balaban J connectivity index is 1.48. The molecule has 170 valence electrons. The molecule has 2 amide bonds. The van der Waals surface area contributed by atoms with Crippen LogP contribution in [0.15, 0.2) is 77.8 Å². The lowest BCUT2D eigenvalue weighted by Crippen LogP contribution is -2.27. The molecule has 0 aliphatic carbocycles. The van der Waals surface area contributed by atoms with Crippen molar-refractivity contribution >= 4 is 74.7 Å². The molecule has 1 aliphatic heterocycles. The number of carbonyl (C=O) groups is 2. The maximum absolute atomic E-state index is 13.1. The molecule has 0 bridgehead atoms. The summed E-state index contributed by atoms with van der Waals surface area (Å²) in [6.07, 6.45) is 3.73. The first-order valence-corrected chi connectivity index (χ1v) is 12.4. The summed E-state index contributed by atoms with van der Waals surface area (Å²) in [6, 6.07) is 20.5. The molecule has 4 nitrogen and oxygen atoms in total. The van der Waals surface area contributed by atoms with E-state index in [-0.39, 0.29) is 17.7 Å². The number of hydrogen-bond acceptors (Lipinski definition) is 3. The second kappa shape index (κ2) is 9.51. The van der Waals surface area contributed by atoms with E-state index in [0.717, 1.165) is 39.4 Å². The largest absolute Gasteiger partial charge is 0.342 e. The Kier molecular flexibility index (Phi) is 6.45. The van der Waals surface area contributed by atoms with Crippen molar-refractivity contribution in [3.8, 4) is 0 Å². The van der Waals surface area contributed by atoms with E-state index in [2.05, 4.69) is 0 Å². The van der Waals surface area contributed by atoms with Gasteiger partial charge in [-0.15, -0.1) is 0 Å². The number of halogens is 3. The lowest BCUT2D eigenvalue weighted by atomic mass is 10.1. The minimum absolute atomic E-state index is 0.176. The molecule has 0 N–H and O–H groups in total. The average Bonchev–Trinajstić information content (AvgIpc) is 3.29. The Morgan fingerprint density at radius 3 is 2.35 bits per heavy atom. The van der Waals surface area contributed by atoms with Gasteiger partial charge in [-0.2, -0.15) is 0 Å². The number of nitrogens with zero attached hydrogens (tertiary/aromatic N) is 2. The summed E-state index contributed by atoms with van der Waals surface area (Å²) >= 11 is 19.8. The van der Waals surface area contributed by atoms with Gasteiger partial charge in [0.25, 0.3) is 11.1 Å². The predicted octanol–water partition coefficient (Wildman–Crippen LogP) is 7.89. The zero-order valence-corrected chi connectivity index (χ0v) is 20.8. The summed E-state index contributed by atoms with van der Waals surface area (Å²) in [5, 5.41) is 2.41. The molecular formula is C26H17Cl3N2O2S. The van der Waals surface area contributed by atoms with E-state index < -0.39 is 0 Å². The number of imide groups is 1. The molecular weight excluding hydrogens is 511 g/mol. The number of amides is 2. The topological polar surface area (TPSA) is 42.3 Å². The lowest BCUT2D eigenvalue weighted by Gasteiger charge is -2.12. The van der Waals surface area contributed by atoms with Crippen molar-refractivity contribution < 1.29 is 9.59 Å².